The number of Topliss-reactive ketones (excluding diaryl/α,β-unsaturated/α-hetero) is 1. The van der Waals surface area contributed by atoms with Gasteiger partial charge in [-0.2, -0.15) is 4.98 Å². The zero-order valence-electron chi connectivity index (χ0n) is 16.6. The summed E-state index contributed by atoms with van der Waals surface area (Å²) in [5.74, 6) is -1.11. The Labute approximate surface area is 172 Å². The Balaban J connectivity index is 1.64. The molecule has 2 N–H and O–H groups in total. The highest BCUT2D eigenvalue weighted by Gasteiger charge is 2.60. The molecule has 2 saturated heterocycles. The van der Waals surface area contributed by atoms with Crippen LogP contribution in [0.25, 0.3) is 0 Å². The summed E-state index contributed by atoms with van der Waals surface area (Å²) in [4.78, 5) is 22.7. The van der Waals surface area contributed by atoms with Gasteiger partial charge in [0.2, 0.25) is 11.7 Å². The van der Waals surface area contributed by atoms with Crippen LogP contribution in [0.5, 0.6) is 0 Å². The van der Waals surface area contributed by atoms with Gasteiger partial charge >= 0.3 is 0 Å². The lowest BCUT2D eigenvalue weighted by molar-refractivity contribution is -0.180. The van der Waals surface area contributed by atoms with Crippen LogP contribution < -0.4 is 5.32 Å². The predicted molar refractivity (Wildman–Crippen MR) is 102 cm³/mol. The van der Waals surface area contributed by atoms with E-state index >= 15 is 0 Å². The Morgan fingerprint density at radius 2 is 2.10 bits per heavy atom. The van der Waals surface area contributed by atoms with Crippen LogP contribution in [-0.4, -0.2) is 62.7 Å². The van der Waals surface area contributed by atoms with Crippen LogP contribution in [0.1, 0.15) is 43.0 Å². The van der Waals surface area contributed by atoms with Crippen molar-refractivity contribution in [3.05, 3.63) is 41.8 Å². The number of carbonyl (C=O) groups excluding carboxylic acids is 1. The second kappa shape index (κ2) is 8.44. The lowest BCUT2D eigenvalue weighted by atomic mass is 9.86. The molecule has 2 aromatic heterocycles. The summed E-state index contributed by atoms with van der Waals surface area (Å²) in [6.45, 7) is 1.39. The zero-order valence-corrected chi connectivity index (χ0v) is 16.6. The molecule has 30 heavy (non-hydrogen) atoms. The Bertz CT molecular complexity index is 872. The summed E-state index contributed by atoms with van der Waals surface area (Å²) in [5.41, 5.74) is -2.18. The topological polar surface area (TPSA) is 104 Å². The van der Waals surface area contributed by atoms with Crippen LogP contribution >= 0.6 is 0 Å². The molecule has 2 fully saturated rings. The van der Waals surface area contributed by atoms with Crippen molar-refractivity contribution in [2.24, 2.45) is 0 Å². The average molecular weight is 421 g/mol. The van der Waals surface area contributed by atoms with Crippen LogP contribution in [0, 0.1) is 0 Å². The normalized spacial score (nSPS) is 24.4. The van der Waals surface area contributed by atoms with Gasteiger partial charge in [0.05, 0.1) is 0 Å². The number of pyridine rings is 1. The van der Waals surface area contributed by atoms with Crippen LogP contribution in [0.2, 0.25) is 0 Å². The monoisotopic (exact) mass is 421 g/mol. The van der Waals surface area contributed by atoms with Crippen molar-refractivity contribution in [1.29, 1.82) is 0 Å². The first-order valence-corrected chi connectivity index (χ1v) is 10.2. The molecule has 2 aliphatic rings. The summed E-state index contributed by atoms with van der Waals surface area (Å²) >= 11 is 0. The summed E-state index contributed by atoms with van der Waals surface area (Å²) in [5, 5.41) is 18.3. The third-order valence-electron chi connectivity index (χ3n) is 6.08. The Morgan fingerprint density at radius 3 is 2.80 bits per heavy atom. The number of aryl methyl sites for hydroxylation is 2. The molecule has 2 aromatic rings. The number of nitrogens with zero attached hydrogens (tertiary/aromatic N) is 4. The van der Waals surface area contributed by atoms with Gasteiger partial charge in [0.25, 0.3) is 6.43 Å². The van der Waals surface area contributed by atoms with E-state index < -0.39 is 23.5 Å². The zero-order chi connectivity index (χ0) is 21.2. The number of aliphatic hydroxyl groups is 1. The fourth-order valence-corrected chi connectivity index (χ4v) is 4.58. The minimum atomic E-state index is -3.20. The van der Waals surface area contributed by atoms with Crippen molar-refractivity contribution < 1.29 is 23.2 Å². The molecule has 0 saturated carbocycles. The molecule has 8 nitrogen and oxygen atoms in total. The molecule has 0 amide bonds. The van der Waals surface area contributed by atoms with E-state index in [-0.39, 0.29) is 18.1 Å². The highest BCUT2D eigenvalue weighted by atomic mass is 19.3. The van der Waals surface area contributed by atoms with Crippen LogP contribution in [0.15, 0.2) is 29.0 Å². The molecule has 0 radical (unpaired) electrons. The first kappa shape index (κ1) is 21.0. The van der Waals surface area contributed by atoms with Crippen LogP contribution in [0.4, 0.5) is 8.78 Å². The van der Waals surface area contributed by atoms with Gasteiger partial charge in [-0.25, -0.2) is 8.78 Å². The molecule has 2 aliphatic heterocycles. The molecule has 4 heterocycles. The molecule has 0 aliphatic carbocycles. The second-order valence-electron chi connectivity index (χ2n) is 7.89. The maximum Gasteiger partial charge on any atom is 0.298 e. The van der Waals surface area contributed by atoms with E-state index in [0.717, 1.165) is 5.56 Å². The van der Waals surface area contributed by atoms with E-state index in [1.807, 2.05) is 12.1 Å². The van der Waals surface area contributed by atoms with Gasteiger partial charge < -0.3 is 14.9 Å². The third kappa shape index (κ3) is 3.75. The maximum absolute atomic E-state index is 13.7. The van der Waals surface area contributed by atoms with Gasteiger partial charge in [-0.05, 0) is 44.0 Å². The summed E-state index contributed by atoms with van der Waals surface area (Å²) in [7, 11) is 0. The lowest BCUT2D eigenvalue weighted by Crippen LogP contribution is -2.63. The number of piperidine rings is 1. The molecule has 4 rings (SSSR count). The quantitative estimate of drug-likeness (QED) is 0.692. The molecule has 0 aromatic carbocycles. The second-order valence-corrected chi connectivity index (χ2v) is 7.89. The molecule has 0 spiro atoms. The van der Waals surface area contributed by atoms with Crippen molar-refractivity contribution in [2.75, 3.05) is 19.6 Å². The fourth-order valence-electron chi connectivity index (χ4n) is 4.58. The Hall–Kier alpha value is -2.30. The van der Waals surface area contributed by atoms with E-state index in [0.29, 0.717) is 51.7 Å². The van der Waals surface area contributed by atoms with Gasteiger partial charge in [-0.15, -0.1) is 0 Å². The fraction of sp³-hybridized carbons (Fsp3) is 0.600. The minimum absolute atomic E-state index is 0.0848. The van der Waals surface area contributed by atoms with Crippen molar-refractivity contribution in [3.63, 3.8) is 0 Å². The number of hydrogen-bond donors (Lipinski definition) is 2. The molecule has 0 bridgehead atoms. The van der Waals surface area contributed by atoms with Crippen LogP contribution in [-0.2, 0) is 23.2 Å². The number of halogens is 2. The maximum atomic E-state index is 13.7. The summed E-state index contributed by atoms with van der Waals surface area (Å²) in [6.07, 6.45) is 2.44. The molecular weight excluding hydrogens is 396 g/mol. The van der Waals surface area contributed by atoms with E-state index in [1.54, 1.807) is 12.4 Å². The first-order valence-electron chi connectivity index (χ1n) is 10.2. The average Bonchev–Trinajstić information content (AvgIpc) is 3.41. The lowest BCUT2D eigenvalue weighted by Gasteiger charge is -2.47. The van der Waals surface area contributed by atoms with Gasteiger partial charge in [-0.3, -0.25) is 14.7 Å². The van der Waals surface area contributed by atoms with Gasteiger partial charge in [0.1, 0.15) is 5.72 Å². The van der Waals surface area contributed by atoms with E-state index in [4.69, 9.17) is 4.52 Å². The number of hydrogen-bond acceptors (Lipinski definition) is 8. The molecule has 1 atom stereocenters. The number of alkyl halides is 2. The van der Waals surface area contributed by atoms with Gasteiger partial charge in [-0.1, -0.05) is 11.2 Å². The Morgan fingerprint density at radius 1 is 1.30 bits per heavy atom. The third-order valence-corrected chi connectivity index (χ3v) is 6.08. The highest BCUT2D eigenvalue weighted by Crippen LogP contribution is 2.45. The van der Waals surface area contributed by atoms with Crippen molar-refractivity contribution in [3.8, 4) is 0 Å². The van der Waals surface area contributed by atoms with E-state index in [9.17, 15) is 18.7 Å². The number of likely N-dealkylation sites (tertiary alicyclic amines) is 1. The van der Waals surface area contributed by atoms with Gasteiger partial charge in [0.15, 0.2) is 11.4 Å². The molecule has 0 unspecified atom stereocenters. The largest absolute Gasteiger partial charge is 0.376 e. The first-order chi connectivity index (χ1) is 14.5. The number of nitrogens with one attached hydrogen (secondary N) is 1. The van der Waals surface area contributed by atoms with E-state index in [1.165, 1.54) is 4.90 Å². The number of rotatable bonds is 7. The minimum Gasteiger partial charge on any atom is -0.376 e. The SMILES string of the molecule is O=C(C(F)F)[C@@]1(c2noc(CCc3cccnc3)n2)CCCN1C1(O)CCNCC1. The van der Waals surface area contributed by atoms with Crippen molar-refractivity contribution in [1.82, 2.24) is 25.3 Å². The van der Waals surface area contributed by atoms with Crippen molar-refractivity contribution >= 4 is 5.78 Å². The molecular formula is C20H25F2N5O3. The number of ketones is 1. The molecule has 10 heteroatoms. The summed E-state index contributed by atoms with van der Waals surface area (Å²) in [6, 6.07) is 3.73. The molecule has 162 valence electrons. The standard InChI is InChI=1S/C20H25F2N5O3/c21-17(22)16(28)20(6-2-12-27(20)19(29)7-10-23-11-8-19)18-25-15(30-26-18)5-4-14-3-1-9-24-13-14/h1,3,9,13,17,23,29H,2,4-8,10-12H2/t20-/m1/s1. The Kier molecular flexibility index (Phi) is 5.90. The number of aromatic nitrogens is 3. The highest BCUT2D eigenvalue weighted by molar-refractivity contribution is 5.91. The van der Waals surface area contributed by atoms with Crippen molar-refractivity contribution in [2.45, 2.75) is 56.2 Å². The van der Waals surface area contributed by atoms with E-state index in [2.05, 4.69) is 20.4 Å². The number of carbonyl (C=O) groups is 1. The summed E-state index contributed by atoms with van der Waals surface area (Å²) < 4.78 is 32.7. The smallest absolute Gasteiger partial charge is 0.298 e. The van der Waals surface area contributed by atoms with Gasteiger partial charge in [0, 0.05) is 38.2 Å². The van der Waals surface area contributed by atoms with Crippen LogP contribution in [0.3, 0.4) is 0 Å². The predicted octanol–water partition coefficient (Wildman–Crippen LogP) is 1.45.